The van der Waals surface area contributed by atoms with Crippen molar-refractivity contribution in [1.82, 2.24) is 4.90 Å². The molecule has 1 amide bonds. The molecule has 0 aromatic carbocycles. The second-order valence-electron chi connectivity index (χ2n) is 5.44. The molecule has 2 atom stereocenters. The van der Waals surface area contributed by atoms with E-state index in [2.05, 4.69) is 0 Å². The van der Waals surface area contributed by atoms with Gasteiger partial charge >= 0.3 is 5.97 Å². The van der Waals surface area contributed by atoms with Crippen LogP contribution in [0.2, 0.25) is 0 Å². The van der Waals surface area contributed by atoms with Gasteiger partial charge in [0.1, 0.15) is 0 Å². The molecule has 0 bridgehead atoms. The molecule has 0 heterocycles. The van der Waals surface area contributed by atoms with Gasteiger partial charge in [-0.1, -0.05) is 13.8 Å². The molecule has 1 N–H and O–H groups in total. The maximum absolute atomic E-state index is 12.3. The first kappa shape index (κ1) is 14.0. The lowest BCUT2D eigenvalue weighted by molar-refractivity contribution is -0.150. The Balaban J connectivity index is 2.65. The summed E-state index contributed by atoms with van der Waals surface area (Å²) in [7, 11) is 0. The summed E-state index contributed by atoms with van der Waals surface area (Å²) < 4.78 is 0. The number of carboxylic acids is 1. The molecule has 0 radical (unpaired) electrons. The summed E-state index contributed by atoms with van der Waals surface area (Å²) in [6.07, 6.45) is 2.39. The van der Waals surface area contributed by atoms with Crippen LogP contribution >= 0.6 is 0 Å². The fourth-order valence-corrected chi connectivity index (χ4v) is 1.82. The Hall–Kier alpha value is -1.06. The molecule has 0 aliphatic heterocycles. The molecule has 98 valence electrons. The van der Waals surface area contributed by atoms with Crippen molar-refractivity contribution in [1.29, 1.82) is 0 Å². The van der Waals surface area contributed by atoms with Gasteiger partial charge in [-0.05, 0) is 32.6 Å². The van der Waals surface area contributed by atoms with E-state index in [1.54, 1.807) is 13.8 Å². The lowest BCUT2D eigenvalue weighted by atomic mass is 9.94. The SMILES string of the molecule is CC(C(=O)O)C(C)C(=O)N(CC1CC1)C(C)C. The normalized spacial score (nSPS) is 18.9. The number of carbonyl (C=O) groups excluding carboxylic acids is 1. The Kier molecular flexibility index (Phi) is 4.54. The molecular weight excluding hydrogens is 218 g/mol. The predicted octanol–water partition coefficient (Wildman–Crippen LogP) is 1.99. The number of hydrogen-bond acceptors (Lipinski definition) is 2. The van der Waals surface area contributed by atoms with Crippen molar-refractivity contribution < 1.29 is 14.7 Å². The minimum Gasteiger partial charge on any atom is -0.481 e. The Morgan fingerprint density at radius 1 is 1.18 bits per heavy atom. The molecular formula is C13H23NO3. The van der Waals surface area contributed by atoms with Crippen LogP contribution in [0.25, 0.3) is 0 Å². The second kappa shape index (κ2) is 5.52. The van der Waals surface area contributed by atoms with Crippen LogP contribution in [0.1, 0.15) is 40.5 Å². The van der Waals surface area contributed by atoms with E-state index in [4.69, 9.17) is 5.11 Å². The third kappa shape index (κ3) is 3.72. The second-order valence-corrected chi connectivity index (χ2v) is 5.44. The number of hydrogen-bond donors (Lipinski definition) is 1. The highest BCUT2D eigenvalue weighted by Crippen LogP contribution is 2.31. The van der Waals surface area contributed by atoms with Gasteiger partial charge in [-0.25, -0.2) is 0 Å². The topological polar surface area (TPSA) is 57.6 Å². The van der Waals surface area contributed by atoms with Crippen LogP contribution in [0.3, 0.4) is 0 Å². The van der Waals surface area contributed by atoms with E-state index in [1.165, 1.54) is 12.8 Å². The van der Waals surface area contributed by atoms with E-state index in [1.807, 2.05) is 18.7 Å². The highest BCUT2D eigenvalue weighted by Gasteiger charge is 2.33. The Morgan fingerprint density at radius 3 is 2.06 bits per heavy atom. The first-order valence-electron chi connectivity index (χ1n) is 6.37. The number of amides is 1. The van der Waals surface area contributed by atoms with Gasteiger partial charge in [-0.3, -0.25) is 9.59 Å². The van der Waals surface area contributed by atoms with E-state index < -0.39 is 17.8 Å². The molecule has 17 heavy (non-hydrogen) atoms. The van der Waals surface area contributed by atoms with Crippen molar-refractivity contribution >= 4 is 11.9 Å². The van der Waals surface area contributed by atoms with E-state index in [0.29, 0.717) is 5.92 Å². The number of aliphatic carboxylic acids is 1. The summed E-state index contributed by atoms with van der Waals surface area (Å²) in [5.41, 5.74) is 0. The molecule has 4 nitrogen and oxygen atoms in total. The van der Waals surface area contributed by atoms with Crippen LogP contribution in [-0.2, 0) is 9.59 Å². The lowest BCUT2D eigenvalue weighted by Crippen LogP contribution is -2.44. The fraction of sp³-hybridized carbons (Fsp3) is 0.846. The summed E-state index contributed by atoms with van der Waals surface area (Å²) in [4.78, 5) is 25.0. The molecule has 0 aromatic heterocycles. The zero-order valence-corrected chi connectivity index (χ0v) is 11.1. The van der Waals surface area contributed by atoms with Crippen LogP contribution in [0, 0.1) is 17.8 Å². The third-order valence-corrected chi connectivity index (χ3v) is 3.59. The number of carboxylic acid groups (broad SMARTS) is 1. The molecule has 1 aliphatic rings. The largest absolute Gasteiger partial charge is 0.481 e. The van der Waals surface area contributed by atoms with Crippen molar-refractivity contribution in [3.8, 4) is 0 Å². The van der Waals surface area contributed by atoms with Crippen LogP contribution in [0.15, 0.2) is 0 Å². The smallest absolute Gasteiger partial charge is 0.307 e. The van der Waals surface area contributed by atoms with Gasteiger partial charge in [0.15, 0.2) is 0 Å². The van der Waals surface area contributed by atoms with E-state index >= 15 is 0 Å². The van der Waals surface area contributed by atoms with Gasteiger partial charge in [-0.15, -0.1) is 0 Å². The molecule has 2 unspecified atom stereocenters. The van der Waals surface area contributed by atoms with Gasteiger partial charge in [-0.2, -0.15) is 0 Å². The minimum absolute atomic E-state index is 0.0261. The predicted molar refractivity (Wildman–Crippen MR) is 65.5 cm³/mol. The standard InChI is InChI=1S/C13H23NO3/c1-8(2)14(7-11-5-6-11)12(15)9(3)10(4)13(16)17/h8-11H,5-7H2,1-4H3,(H,16,17). The molecule has 1 aliphatic carbocycles. The van der Waals surface area contributed by atoms with Gasteiger partial charge in [0.2, 0.25) is 5.91 Å². The lowest BCUT2D eigenvalue weighted by Gasteiger charge is -2.30. The highest BCUT2D eigenvalue weighted by atomic mass is 16.4. The first-order chi connectivity index (χ1) is 7.84. The summed E-state index contributed by atoms with van der Waals surface area (Å²) in [6, 6.07) is 0.145. The monoisotopic (exact) mass is 241 g/mol. The summed E-state index contributed by atoms with van der Waals surface area (Å²) >= 11 is 0. The van der Waals surface area contributed by atoms with Crippen molar-refractivity contribution in [2.24, 2.45) is 17.8 Å². The van der Waals surface area contributed by atoms with Crippen LogP contribution < -0.4 is 0 Å². The van der Waals surface area contributed by atoms with Crippen molar-refractivity contribution in [3.63, 3.8) is 0 Å². The number of nitrogens with zero attached hydrogens (tertiary/aromatic N) is 1. The Labute approximate surface area is 103 Å². The molecule has 0 saturated heterocycles. The van der Waals surface area contributed by atoms with Crippen LogP contribution in [0.4, 0.5) is 0 Å². The molecule has 1 fully saturated rings. The molecule has 1 saturated carbocycles. The molecule has 4 heteroatoms. The molecule has 1 rings (SSSR count). The number of carbonyl (C=O) groups is 2. The van der Waals surface area contributed by atoms with Gasteiger partial charge < -0.3 is 10.0 Å². The maximum atomic E-state index is 12.3. The van der Waals surface area contributed by atoms with Gasteiger partial charge in [0.05, 0.1) is 5.92 Å². The average molecular weight is 241 g/mol. The fourth-order valence-electron chi connectivity index (χ4n) is 1.82. The van der Waals surface area contributed by atoms with E-state index in [0.717, 1.165) is 6.54 Å². The van der Waals surface area contributed by atoms with Crippen LogP contribution in [-0.4, -0.2) is 34.5 Å². The minimum atomic E-state index is -0.902. The van der Waals surface area contributed by atoms with Crippen molar-refractivity contribution in [2.75, 3.05) is 6.54 Å². The van der Waals surface area contributed by atoms with Crippen molar-refractivity contribution in [3.05, 3.63) is 0 Å². The highest BCUT2D eigenvalue weighted by molar-refractivity contribution is 5.84. The third-order valence-electron chi connectivity index (χ3n) is 3.59. The number of rotatable bonds is 6. The zero-order chi connectivity index (χ0) is 13.2. The summed E-state index contributed by atoms with van der Waals surface area (Å²) in [5, 5.41) is 8.95. The summed E-state index contributed by atoms with van der Waals surface area (Å²) in [5.74, 6) is -1.37. The zero-order valence-electron chi connectivity index (χ0n) is 11.1. The van der Waals surface area contributed by atoms with Crippen molar-refractivity contribution in [2.45, 2.75) is 46.6 Å². The van der Waals surface area contributed by atoms with E-state index in [-0.39, 0.29) is 11.9 Å². The van der Waals surface area contributed by atoms with E-state index in [9.17, 15) is 9.59 Å². The van der Waals surface area contributed by atoms with Gasteiger partial charge in [0.25, 0.3) is 0 Å². The Morgan fingerprint density at radius 2 is 1.71 bits per heavy atom. The molecule has 0 spiro atoms. The van der Waals surface area contributed by atoms with Crippen LogP contribution in [0.5, 0.6) is 0 Å². The quantitative estimate of drug-likeness (QED) is 0.773. The first-order valence-corrected chi connectivity index (χ1v) is 6.37. The summed E-state index contributed by atoms with van der Waals surface area (Å²) in [6.45, 7) is 8.06. The average Bonchev–Trinajstić information content (AvgIpc) is 3.06. The van der Waals surface area contributed by atoms with Gasteiger partial charge in [0, 0.05) is 18.5 Å². The maximum Gasteiger partial charge on any atom is 0.307 e. The Bertz CT molecular complexity index is 297. The molecule has 0 aromatic rings.